The highest BCUT2D eigenvalue weighted by atomic mass is 15.3. The Morgan fingerprint density at radius 2 is 2.13 bits per heavy atom. The summed E-state index contributed by atoms with van der Waals surface area (Å²) >= 11 is 0. The molecule has 4 heteroatoms. The van der Waals surface area contributed by atoms with E-state index in [1.807, 2.05) is 0 Å². The molecule has 3 rings (SSSR count). The predicted octanol–water partition coefficient (Wildman–Crippen LogP) is 3.10. The first kappa shape index (κ1) is 15.9. The number of nitrogens with zero attached hydrogens (tertiary/aromatic N) is 3. The van der Waals surface area contributed by atoms with Crippen LogP contribution in [0.3, 0.4) is 0 Å². The van der Waals surface area contributed by atoms with E-state index in [2.05, 4.69) is 70.3 Å². The number of benzene rings is 1. The van der Waals surface area contributed by atoms with Gasteiger partial charge >= 0.3 is 0 Å². The molecule has 4 nitrogen and oxygen atoms in total. The van der Waals surface area contributed by atoms with Crippen molar-refractivity contribution in [3.8, 4) is 0 Å². The van der Waals surface area contributed by atoms with Crippen molar-refractivity contribution in [3.05, 3.63) is 53.1 Å². The van der Waals surface area contributed by atoms with Gasteiger partial charge in [0.25, 0.3) is 0 Å². The van der Waals surface area contributed by atoms with Crippen LogP contribution in [0.25, 0.3) is 6.08 Å². The van der Waals surface area contributed by atoms with Gasteiger partial charge in [-0.3, -0.25) is 0 Å². The van der Waals surface area contributed by atoms with E-state index >= 15 is 0 Å². The van der Waals surface area contributed by atoms with Crippen LogP contribution >= 0.6 is 0 Å². The van der Waals surface area contributed by atoms with E-state index in [0.29, 0.717) is 5.92 Å². The summed E-state index contributed by atoms with van der Waals surface area (Å²) in [5.41, 5.74) is 2.64. The Bertz CT molecular complexity index is 644. The smallest absolute Gasteiger partial charge is 0.133 e. The molecule has 0 saturated heterocycles. The van der Waals surface area contributed by atoms with Crippen molar-refractivity contribution >= 4 is 6.08 Å². The van der Waals surface area contributed by atoms with Crippen LogP contribution in [-0.4, -0.2) is 27.9 Å². The lowest BCUT2D eigenvalue weighted by molar-refractivity contribution is 0.346. The third-order valence-corrected chi connectivity index (χ3v) is 4.49. The lowest BCUT2D eigenvalue weighted by Crippen LogP contribution is -2.31. The van der Waals surface area contributed by atoms with Crippen LogP contribution in [0.5, 0.6) is 0 Å². The van der Waals surface area contributed by atoms with Crippen molar-refractivity contribution in [1.82, 2.24) is 20.1 Å². The highest BCUT2D eigenvalue weighted by molar-refractivity contribution is 5.52. The molecule has 1 aromatic carbocycles. The molecule has 1 aliphatic rings. The molecule has 0 spiro atoms. The van der Waals surface area contributed by atoms with Gasteiger partial charge in [0.2, 0.25) is 0 Å². The number of hydrogen-bond donors (Lipinski definition) is 1. The van der Waals surface area contributed by atoms with Crippen molar-refractivity contribution in [1.29, 1.82) is 0 Å². The molecule has 1 aliphatic heterocycles. The third kappa shape index (κ3) is 4.08. The zero-order valence-corrected chi connectivity index (χ0v) is 14.1. The minimum absolute atomic E-state index is 0.674. The molecule has 23 heavy (non-hydrogen) atoms. The van der Waals surface area contributed by atoms with Crippen molar-refractivity contribution in [2.75, 3.05) is 13.1 Å². The van der Waals surface area contributed by atoms with Crippen LogP contribution in [-0.2, 0) is 19.4 Å². The topological polar surface area (TPSA) is 42.7 Å². The SMILES string of the molecule is CCc1nnc2n1C[C@H](CNC/C(C)=C\c1ccccc1)CC2. The van der Waals surface area contributed by atoms with Crippen LogP contribution in [0.1, 0.15) is 37.5 Å². The largest absolute Gasteiger partial charge is 0.315 e. The van der Waals surface area contributed by atoms with E-state index in [1.54, 1.807) is 0 Å². The Kier molecular flexibility index (Phi) is 5.23. The summed E-state index contributed by atoms with van der Waals surface area (Å²) in [5, 5.41) is 12.2. The minimum atomic E-state index is 0.674. The van der Waals surface area contributed by atoms with Crippen LogP contribution < -0.4 is 5.32 Å². The summed E-state index contributed by atoms with van der Waals surface area (Å²) in [6.07, 6.45) is 5.47. The fourth-order valence-electron chi connectivity index (χ4n) is 3.24. The molecule has 1 N–H and O–H groups in total. The van der Waals surface area contributed by atoms with Gasteiger partial charge in [-0.15, -0.1) is 10.2 Å². The number of fused-ring (bicyclic) bond motifs is 1. The van der Waals surface area contributed by atoms with Crippen LogP contribution in [0, 0.1) is 5.92 Å². The number of aryl methyl sites for hydroxylation is 2. The van der Waals surface area contributed by atoms with Crippen LogP contribution in [0.4, 0.5) is 0 Å². The van der Waals surface area contributed by atoms with E-state index in [1.165, 1.54) is 23.4 Å². The standard InChI is InChI=1S/C19H26N4/c1-3-18-21-22-19-10-9-17(14-23(18)19)13-20-12-15(2)11-16-7-5-4-6-8-16/h4-8,11,17,20H,3,9-10,12-14H2,1-2H3/b15-11-/t17-/m0/s1. The summed E-state index contributed by atoms with van der Waals surface area (Å²) in [7, 11) is 0. The Balaban J connectivity index is 1.49. The van der Waals surface area contributed by atoms with E-state index < -0.39 is 0 Å². The van der Waals surface area contributed by atoms with Gasteiger partial charge < -0.3 is 9.88 Å². The average molecular weight is 310 g/mol. The summed E-state index contributed by atoms with van der Waals surface area (Å²) in [4.78, 5) is 0. The van der Waals surface area contributed by atoms with Gasteiger partial charge in [-0.2, -0.15) is 0 Å². The molecule has 2 heterocycles. The Morgan fingerprint density at radius 1 is 1.30 bits per heavy atom. The maximum atomic E-state index is 4.30. The molecular formula is C19H26N4. The molecular weight excluding hydrogens is 284 g/mol. The Hall–Kier alpha value is -1.94. The lowest BCUT2D eigenvalue weighted by Gasteiger charge is -2.24. The normalized spacial score (nSPS) is 18.0. The second-order valence-electron chi connectivity index (χ2n) is 6.43. The average Bonchev–Trinajstić information content (AvgIpc) is 2.98. The number of nitrogens with one attached hydrogen (secondary N) is 1. The fraction of sp³-hybridized carbons (Fsp3) is 0.474. The van der Waals surface area contributed by atoms with Crippen molar-refractivity contribution in [2.24, 2.45) is 5.92 Å². The first-order valence-electron chi connectivity index (χ1n) is 8.60. The quantitative estimate of drug-likeness (QED) is 0.891. The molecule has 2 aromatic rings. The van der Waals surface area contributed by atoms with E-state index in [9.17, 15) is 0 Å². The van der Waals surface area contributed by atoms with Gasteiger partial charge in [-0.05, 0) is 31.4 Å². The molecule has 0 bridgehead atoms. The fourth-order valence-corrected chi connectivity index (χ4v) is 3.24. The summed E-state index contributed by atoms with van der Waals surface area (Å²) in [5.74, 6) is 2.97. The van der Waals surface area contributed by atoms with E-state index in [-0.39, 0.29) is 0 Å². The molecule has 0 radical (unpaired) electrons. The summed E-state index contributed by atoms with van der Waals surface area (Å²) in [6.45, 7) is 7.40. The van der Waals surface area contributed by atoms with Crippen LogP contribution in [0.2, 0.25) is 0 Å². The summed E-state index contributed by atoms with van der Waals surface area (Å²) in [6, 6.07) is 10.5. The number of rotatable bonds is 6. The first-order valence-corrected chi connectivity index (χ1v) is 8.60. The highest BCUT2D eigenvalue weighted by Gasteiger charge is 2.21. The molecule has 0 unspecified atom stereocenters. The highest BCUT2D eigenvalue weighted by Crippen LogP contribution is 2.19. The second-order valence-corrected chi connectivity index (χ2v) is 6.43. The maximum Gasteiger partial charge on any atom is 0.133 e. The van der Waals surface area contributed by atoms with Gasteiger partial charge in [0.15, 0.2) is 0 Å². The van der Waals surface area contributed by atoms with E-state index in [0.717, 1.165) is 38.3 Å². The molecule has 1 atom stereocenters. The van der Waals surface area contributed by atoms with Crippen molar-refractivity contribution in [3.63, 3.8) is 0 Å². The molecule has 0 amide bonds. The van der Waals surface area contributed by atoms with Gasteiger partial charge in [0.05, 0.1) is 0 Å². The molecule has 0 saturated carbocycles. The molecule has 0 aliphatic carbocycles. The van der Waals surface area contributed by atoms with Crippen molar-refractivity contribution in [2.45, 2.75) is 39.7 Å². The van der Waals surface area contributed by atoms with Gasteiger partial charge in [-0.25, -0.2) is 0 Å². The van der Waals surface area contributed by atoms with Gasteiger partial charge in [-0.1, -0.05) is 48.9 Å². The van der Waals surface area contributed by atoms with Gasteiger partial charge in [0.1, 0.15) is 11.6 Å². The summed E-state index contributed by atoms with van der Waals surface area (Å²) < 4.78 is 2.32. The molecule has 1 aromatic heterocycles. The number of hydrogen-bond acceptors (Lipinski definition) is 3. The monoisotopic (exact) mass is 310 g/mol. The van der Waals surface area contributed by atoms with Crippen molar-refractivity contribution < 1.29 is 0 Å². The zero-order valence-electron chi connectivity index (χ0n) is 14.1. The first-order chi connectivity index (χ1) is 11.3. The maximum absolute atomic E-state index is 4.30. The zero-order chi connectivity index (χ0) is 16.1. The minimum Gasteiger partial charge on any atom is -0.315 e. The van der Waals surface area contributed by atoms with E-state index in [4.69, 9.17) is 0 Å². The Labute approximate surface area is 138 Å². The van der Waals surface area contributed by atoms with Crippen LogP contribution in [0.15, 0.2) is 35.9 Å². The molecule has 122 valence electrons. The number of aromatic nitrogens is 3. The predicted molar refractivity (Wildman–Crippen MR) is 94.2 cm³/mol. The lowest BCUT2D eigenvalue weighted by atomic mass is 9.99. The Morgan fingerprint density at radius 3 is 2.91 bits per heavy atom. The third-order valence-electron chi connectivity index (χ3n) is 4.49. The second kappa shape index (κ2) is 7.55. The van der Waals surface area contributed by atoms with Gasteiger partial charge in [0, 0.05) is 25.9 Å². The molecule has 0 fully saturated rings.